The van der Waals surface area contributed by atoms with Gasteiger partial charge in [-0.05, 0) is 31.5 Å². The van der Waals surface area contributed by atoms with Crippen LogP contribution < -0.4 is 14.9 Å². The molecule has 1 fully saturated rings. The van der Waals surface area contributed by atoms with Gasteiger partial charge in [-0.2, -0.15) is 0 Å². The Morgan fingerprint density at radius 1 is 1.24 bits per heavy atom. The molecule has 25 heavy (non-hydrogen) atoms. The molecule has 0 aromatic heterocycles. The Labute approximate surface area is 151 Å². The van der Waals surface area contributed by atoms with Crippen LogP contribution in [-0.2, 0) is 10.0 Å². The number of hydrogen-bond acceptors (Lipinski definition) is 4. The molecule has 1 saturated heterocycles. The summed E-state index contributed by atoms with van der Waals surface area (Å²) in [7, 11) is -3.16. The van der Waals surface area contributed by atoms with Crippen LogP contribution in [0.1, 0.15) is 12.5 Å². The molecule has 1 aliphatic rings. The monoisotopic (exact) mass is 367 g/mol. The second-order valence-corrected chi connectivity index (χ2v) is 8.05. The Hall–Kier alpha value is -1.80. The number of sulfonamides is 1. The van der Waals surface area contributed by atoms with E-state index in [-0.39, 0.29) is 0 Å². The minimum Gasteiger partial charge on any atom is -0.368 e. The first-order valence-corrected chi connectivity index (χ1v) is 10.6. The molecule has 1 aromatic rings. The number of piperazine rings is 1. The zero-order valence-electron chi connectivity index (χ0n) is 15.3. The lowest BCUT2D eigenvalue weighted by molar-refractivity contribution is 0.372. The first kappa shape index (κ1) is 19.5. The fourth-order valence-corrected chi connectivity index (χ4v) is 3.28. The lowest BCUT2D eigenvalue weighted by Crippen LogP contribution is -2.52. The summed E-state index contributed by atoms with van der Waals surface area (Å²) in [6, 6.07) is 8.57. The Kier molecular flexibility index (Phi) is 7.07. The number of nitrogens with one attached hydrogen (secondary N) is 2. The summed E-state index contributed by atoms with van der Waals surface area (Å²) in [5.41, 5.74) is 2.53. The van der Waals surface area contributed by atoms with E-state index in [4.69, 9.17) is 0 Å². The summed E-state index contributed by atoms with van der Waals surface area (Å²) >= 11 is 0. The van der Waals surface area contributed by atoms with Crippen molar-refractivity contribution >= 4 is 21.7 Å². The van der Waals surface area contributed by atoms with Gasteiger partial charge < -0.3 is 15.1 Å². The van der Waals surface area contributed by atoms with Crippen molar-refractivity contribution in [3.8, 4) is 0 Å². The van der Waals surface area contributed by atoms with Gasteiger partial charge in [-0.25, -0.2) is 13.1 Å². The zero-order chi connectivity index (χ0) is 18.3. The predicted molar refractivity (Wildman–Crippen MR) is 104 cm³/mol. The van der Waals surface area contributed by atoms with E-state index >= 15 is 0 Å². The molecule has 0 aliphatic carbocycles. The Bertz CT molecular complexity index is 682. The first-order chi connectivity index (χ1) is 11.9. The number of guanidine groups is 1. The summed E-state index contributed by atoms with van der Waals surface area (Å²) in [6.45, 7) is 9.33. The van der Waals surface area contributed by atoms with Crippen LogP contribution in [0.3, 0.4) is 0 Å². The third-order valence-electron chi connectivity index (χ3n) is 4.02. The van der Waals surface area contributed by atoms with Crippen LogP contribution in [0.25, 0.3) is 0 Å². The number of nitrogens with zero attached hydrogens (tertiary/aromatic N) is 3. The van der Waals surface area contributed by atoms with Crippen LogP contribution in [0.5, 0.6) is 0 Å². The van der Waals surface area contributed by atoms with Gasteiger partial charge in [0, 0.05) is 45.0 Å². The standard InChI is InChI=1S/C17H29N5O2S/c1-4-18-17(19-8-9-20-25(3,23)24)22-12-10-21(11-13-22)16-7-5-6-15(2)14-16/h5-7,14,20H,4,8-13H2,1-3H3,(H,18,19). The lowest BCUT2D eigenvalue weighted by Gasteiger charge is -2.37. The van der Waals surface area contributed by atoms with Gasteiger partial charge >= 0.3 is 0 Å². The van der Waals surface area contributed by atoms with Crippen LogP contribution in [0.4, 0.5) is 5.69 Å². The largest absolute Gasteiger partial charge is 0.368 e. The number of benzene rings is 1. The summed E-state index contributed by atoms with van der Waals surface area (Å²) < 4.78 is 24.7. The van der Waals surface area contributed by atoms with Crippen LogP contribution in [-0.4, -0.2) is 71.3 Å². The Morgan fingerprint density at radius 3 is 2.56 bits per heavy atom. The molecular formula is C17H29N5O2S. The molecule has 0 radical (unpaired) electrons. The quantitative estimate of drug-likeness (QED) is 0.438. The Balaban J connectivity index is 1.90. The molecule has 8 heteroatoms. The highest BCUT2D eigenvalue weighted by atomic mass is 32.2. The minimum atomic E-state index is -3.16. The molecule has 1 aliphatic heterocycles. The smallest absolute Gasteiger partial charge is 0.208 e. The molecule has 0 spiro atoms. The van der Waals surface area contributed by atoms with Crippen molar-refractivity contribution in [3.63, 3.8) is 0 Å². The molecule has 0 saturated carbocycles. The van der Waals surface area contributed by atoms with Crippen molar-refractivity contribution < 1.29 is 8.42 Å². The van der Waals surface area contributed by atoms with Gasteiger partial charge in [-0.1, -0.05) is 12.1 Å². The fourth-order valence-electron chi connectivity index (χ4n) is 2.82. The van der Waals surface area contributed by atoms with E-state index in [0.29, 0.717) is 13.1 Å². The molecule has 2 N–H and O–H groups in total. The van der Waals surface area contributed by atoms with Crippen molar-refractivity contribution in [1.29, 1.82) is 0 Å². The lowest BCUT2D eigenvalue weighted by atomic mass is 10.2. The van der Waals surface area contributed by atoms with Gasteiger partial charge in [0.1, 0.15) is 0 Å². The summed E-state index contributed by atoms with van der Waals surface area (Å²) in [6.07, 6.45) is 1.16. The van der Waals surface area contributed by atoms with Gasteiger partial charge in [0.25, 0.3) is 0 Å². The average molecular weight is 368 g/mol. The molecule has 2 rings (SSSR count). The number of aliphatic imine (C=N–C) groups is 1. The molecule has 140 valence electrons. The second-order valence-electron chi connectivity index (χ2n) is 6.22. The van der Waals surface area contributed by atoms with Gasteiger partial charge in [0.2, 0.25) is 10.0 Å². The second kappa shape index (κ2) is 9.05. The van der Waals surface area contributed by atoms with Crippen molar-refractivity contribution in [1.82, 2.24) is 14.9 Å². The van der Waals surface area contributed by atoms with Crippen molar-refractivity contribution in [3.05, 3.63) is 29.8 Å². The van der Waals surface area contributed by atoms with Crippen molar-refractivity contribution in [2.75, 3.05) is 57.0 Å². The normalized spacial score (nSPS) is 16.2. The molecule has 1 aromatic carbocycles. The highest BCUT2D eigenvalue weighted by molar-refractivity contribution is 7.88. The predicted octanol–water partition coefficient (Wildman–Crippen LogP) is 0.632. The van der Waals surface area contributed by atoms with Crippen LogP contribution in [0, 0.1) is 6.92 Å². The minimum absolute atomic E-state index is 0.316. The van der Waals surface area contributed by atoms with Crippen LogP contribution >= 0.6 is 0 Å². The highest BCUT2D eigenvalue weighted by Gasteiger charge is 2.19. The highest BCUT2D eigenvalue weighted by Crippen LogP contribution is 2.17. The van der Waals surface area contributed by atoms with E-state index in [1.165, 1.54) is 11.3 Å². The first-order valence-electron chi connectivity index (χ1n) is 8.68. The molecule has 7 nitrogen and oxygen atoms in total. The summed E-state index contributed by atoms with van der Waals surface area (Å²) in [5.74, 6) is 0.849. The zero-order valence-corrected chi connectivity index (χ0v) is 16.1. The molecule has 0 atom stereocenters. The molecule has 1 heterocycles. The number of aryl methyl sites for hydroxylation is 1. The number of anilines is 1. The average Bonchev–Trinajstić information content (AvgIpc) is 2.57. The van der Waals surface area contributed by atoms with Gasteiger partial charge in [-0.3, -0.25) is 4.99 Å². The van der Waals surface area contributed by atoms with Gasteiger partial charge in [-0.15, -0.1) is 0 Å². The van der Waals surface area contributed by atoms with E-state index in [0.717, 1.165) is 44.9 Å². The third-order valence-corrected chi connectivity index (χ3v) is 4.75. The third kappa shape index (κ3) is 6.55. The molecular weight excluding hydrogens is 338 g/mol. The summed E-state index contributed by atoms with van der Waals surface area (Å²) in [5, 5.41) is 3.29. The van der Waals surface area contributed by atoms with E-state index in [9.17, 15) is 8.42 Å². The SMILES string of the molecule is CCNC(=NCCNS(C)(=O)=O)N1CCN(c2cccc(C)c2)CC1. The van der Waals surface area contributed by atoms with Crippen LogP contribution in [0.15, 0.2) is 29.3 Å². The van der Waals surface area contributed by atoms with Crippen LogP contribution in [0.2, 0.25) is 0 Å². The molecule has 0 unspecified atom stereocenters. The van der Waals surface area contributed by atoms with Crippen molar-refractivity contribution in [2.24, 2.45) is 4.99 Å². The van der Waals surface area contributed by atoms with E-state index in [2.05, 4.69) is 56.0 Å². The molecule has 0 amide bonds. The van der Waals surface area contributed by atoms with Crippen molar-refractivity contribution in [2.45, 2.75) is 13.8 Å². The maximum atomic E-state index is 11.1. The fraction of sp³-hybridized carbons (Fsp3) is 0.588. The number of hydrogen-bond donors (Lipinski definition) is 2. The van der Waals surface area contributed by atoms with E-state index in [1.54, 1.807) is 0 Å². The van der Waals surface area contributed by atoms with E-state index in [1.807, 2.05) is 6.92 Å². The Morgan fingerprint density at radius 2 is 1.96 bits per heavy atom. The van der Waals surface area contributed by atoms with Gasteiger partial charge in [0.15, 0.2) is 5.96 Å². The van der Waals surface area contributed by atoms with E-state index < -0.39 is 10.0 Å². The van der Waals surface area contributed by atoms with Gasteiger partial charge in [0.05, 0.1) is 12.8 Å². The maximum absolute atomic E-state index is 11.1. The molecule has 0 bridgehead atoms. The summed E-state index contributed by atoms with van der Waals surface area (Å²) in [4.78, 5) is 9.16. The maximum Gasteiger partial charge on any atom is 0.208 e. The number of rotatable bonds is 6. The topological polar surface area (TPSA) is 77.0 Å².